The molecule has 0 spiro atoms. The highest BCUT2D eigenvalue weighted by molar-refractivity contribution is 6.32. The molecule has 0 aliphatic rings. The first-order chi connectivity index (χ1) is 9.82. The molecule has 2 aromatic rings. The van der Waals surface area contributed by atoms with Gasteiger partial charge in [-0.15, -0.1) is 0 Å². The highest BCUT2D eigenvalue weighted by Gasteiger charge is 2.20. The molecule has 4 nitrogen and oxygen atoms in total. The second-order valence-electron chi connectivity index (χ2n) is 5.29. The molecule has 112 valence electrons. The van der Waals surface area contributed by atoms with E-state index in [4.69, 9.17) is 11.6 Å². The third-order valence-corrected chi connectivity index (χ3v) is 3.88. The summed E-state index contributed by atoms with van der Waals surface area (Å²) in [6, 6.07) is 5.12. The molecule has 1 aromatic heterocycles. The molecule has 0 amide bonds. The van der Waals surface area contributed by atoms with Crippen LogP contribution in [-0.4, -0.2) is 9.55 Å². The van der Waals surface area contributed by atoms with Gasteiger partial charge in [-0.1, -0.05) is 37.6 Å². The van der Waals surface area contributed by atoms with E-state index in [1.165, 1.54) is 24.3 Å². The topological polar surface area (TPSA) is 54.9 Å². The molecule has 0 bridgehead atoms. The molecule has 0 aliphatic carbocycles. The second-order valence-corrected chi connectivity index (χ2v) is 5.66. The van der Waals surface area contributed by atoms with Crippen LogP contribution >= 0.6 is 11.6 Å². The zero-order valence-electron chi connectivity index (χ0n) is 12.0. The van der Waals surface area contributed by atoms with Gasteiger partial charge in [-0.2, -0.15) is 0 Å². The fourth-order valence-electron chi connectivity index (χ4n) is 2.06. The van der Waals surface area contributed by atoms with E-state index in [1.54, 1.807) is 6.92 Å². The lowest BCUT2D eigenvalue weighted by atomic mass is 10.1. The summed E-state index contributed by atoms with van der Waals surface area (Å²) in [5.41, 5.74) is -0.384. The number of aromatic nitrogens is 2. The van der Waals surface area contributed by atoms with Gasteiger partial charge in [0.1, 0.15) is 11.0 Å². The number of rotatable bonds is 3. The van der Waals surface area contributed by atoms with Crippen LogP contribution in [0.2, 0.25) is 5.15 Å². The minimum absolute atomic E-state index is 0.0381. The van der Waals surface area contributed by atoms with Crippen molar-refractivity contribution in [2.45, 2.75) is 26.8 Å². The van der Waals surface area contributed by atoms with Crippen molar-refractivity contribution < 1.29 is 4.39 Å². The number of nitrogens with one attached hydrogen (secondary N) is 1. The number of aromatic amines is 1. The molecule has 0 saturated carbocycles. The van der Waals surface area contributed by atoms with Crippen molar-refractivity contribution in [2.75, 3.05) is 0 Å². The Morgan fingerprint density at radius 3 is 2.24 bits per heavy atom. The largest absolute Gasteiger partial charge is 0.329 e. The maximum Gasteiger partial charge on any atom is 0.329 e. The summed E-state index contributed by atoms with van der Waals surface area (Å²) in [5.74, 6) is -0.304. The van der Waals surface area contributed by atoms with Crippen molar-refractivity contribution in [1.29, 1.82) is 0 Å². The van der Waals surface area contributed by atoms with Gasteiger partial charge in [0.2, 0.25) is 0 Å². The smallest absolute Gasteiger partial charge is 0.297 e. The number of H-pyrrole nitrogens is 1. The fraction of sp³-hybridized carbons (Fsp3) is 0.333. The van der Waals surface area contributed by atoms with Gasteiger partial charge in [-0.25, -0.2) is 9.18 Å². The van der Waals surface area contributed by atoms with Gasteiger partial charge in [0.05, 0.1) is 5.56 Å². The van der Waals surface area contributed by atoms with Crippen LogP contribution in [0, 0.1) is 11.7 Å². The van der Waals surface area contributed by atoms with Crippen LogP contribution in [0.5, 0.6) is 0 Å². The summed E-state index contributed by atoms with van der Waals surface area (Å²) in [5, 5.41) is -0.0381. The molecule has 1 atom stereocenters. The SMILES string of the molecule is CC(C)C(C)n1c(=O)[nH]c(Cl)c(-c2ccc(F)cc2)c1=O. The Balaban J connectivity index is 2.73. The average Bonchev–Trinajstić information content (AvgIpc) is 2.40. The van der Waals surface area contributed by atoms with E-state index < -0.39 is 17.1 Å². The zero-order valence-corrected chi connectivity index (χ0v) is 12.7. The number of nitrogens with zero attached hydrogens (tertiary/aromatic N) is 1. The number of hydrogen-bond acceptors (Lipinski definition) is 2. The lowest BCUT2D eigenvalue weighted by Crippen LogP contribution is -2.39. The molecule has 1 heterocycles. The fourth-order valence-corrected chi connectivity index (χ4v) is 2.33. The minimum Gasteiger partial charge on any atom is -0.297 e. The van der Waals surface area contributed by atoms with Crippen molar-refractivity contribution in [1.82, 2.24) is 9.55 Å². The number of hydrogen-bond donors (Lipinski definition) is 1. The van der Waals surface area contributed by atoms with E-state index in [2.05, 4.69) is 4.98 Å². The second kappa shape index (κ2) is 5.85. The maximum absolute atomic E-state index is 13.0. The van der Waals surface area contributed by atoms with Gasteiger partial charge < -0.3 is 0 Å². The molecule has 0 aliphatic heterocycles. The van der Waals surface area contributed by atoms with Gasteiger partial charge in [0, 0.05) is 6.04 Å². The lowest BCUT2D eigenvalue weighted by molar-refractivity contribution is 0.385. The Bertz CT molecular complexity index is 763. The highest BCUT2D eigenvalue weighted by Crippen LogP contribution is 2.23. The van der Waals surface area contributed by atoms with Gasteiger partial charge in [-0.3, -0.25) is 14.3 Å². The quantitative estimate of drug-likeness (QED) is 0.885. The van der Waals surface area contributed by atoms with Crippen LogP contribution in [0.1, 0.15) is 26.8 Å². The monoisotopic (exact) mass is 310 g/mol. The maximum atomic E-state index is 13.0. The Morgan fingerprint density at radius 1 is 1.14 bits per heavy atom. The molecule has 0 fully saturated rings. The minimum atomic E-state index is -0.544. The standard InChI is InChI=1S/C15H16ClFN2O2/c1-8(2)9(3)19-14(20)12(13(16)18-15(19)21)10-4-6-11(17)7-5-10/h4-9H,1-3H3,(H,18,21). The average molecular weight is 311 g/mol. The summed E-state index contributed by atoms with van der Waals surface area (Å²) in [6.45, 7) is 5.63. The highest BCUT2D eigenvalue weighted by atomic mass is 35.5. The molecule has 1 unspecified atom stereocenters. The van der Waals surface area contributed by atoms with E-state index in [0.717, 1.165) is 4.57 Å². The van der Waals surface area contributed by atoms with Crippen LogP contribution in [0.25, 0.3) is 11.1 Å². The van der Waals surface area contributed by atoms with E-state index >= 15 is 0 Å². The first kappa shape index (κ1) is 15.5. The molecule has 1 N–H and O–H groups in total. The summed E-state index contributed by atoms with van der Waals surface area (Å²) in [6.07, 6.45) is 0. The first-order valence-corrected chi connectivity index (χ1v) is 7.01. The number of halogens is 2. The van der Waals surface area contributed by atoms with E-state index in [0.29, 0.717) is 5.56 Å². The van der Waals surface area contributed by atoms with Crippen molar-refractivity contribution in [3.05, 3.63) is 56.1 Å². The van der Waals surface area contributed by atoms with Crippen molar-refractivity contribution in [3.8, 4) is 11.1 Å². The molecule has 2 rings (SSSR count). The lowest BCUT2D eigenvalue weighted by Gasteiger charge is -2.19. The van der Waals surface area contributed by atoms with Crippen LogP contribution in [0.4, 0.5) is 4.39 Å². The van der Waals surface area contributed by atoms with E-state index in [9.17, 15) is 14.0 Å². The van der Waals surface area contributed by atoms with Gasteiger partial charge in [0.15, 0.2) is 0 Å². The number of benzene rings is 1. The van der Waals surface area contributed by atoms with E-state index in [-0.39, 0.29) is 22.7 Å². The van der Waals surface area contributed by atoms with Crippen LogP contribution in [0.3, 0.4) is 0 Å². The van der Waals surface area contributed by atoms with Crippen molar-refractivity contribution in [3.63, 3.8) is 0 Å². The normalized spacial score (nSPS) is 12.7. The summed E-state index contributed by atoms with van der Waals surface area (Å²) >= 11 is 6.00. The van der Waals surface area contributed by atoms with Gasteiger partial charge >= 0.3 is 5.69 Å². The molecule has 0 saturated heterocycles. The Hall–Kier alpha value is -1.88. The van der Waals surface area contributed by atoms with E-state index in [1.807, 2.05) is 13.8 Å². The molecular formula is C15H16ClFN2O2. The van der Waals surface area contributed by atoms with Crippen LogP contribution < -0.4 is 11.2 Å². The third kappa shape index (κ3) is 2.93. The predicted molar refractivity (Wildman–Crippen MR) is 81.3 cm³/mol. The molecule has 1 aromatic carbocycles. The Labute approximate surface area is 126 Å². The molecular weight excluding hydrogens is 295 g/mol. The molecule has 0 radical (unpaired) electrons. The summed E-state index contributed by atoms with van der Waals surface area (Å²) < 4.78 is 14.2. The molecule has 6 heteroatoms. The molecule has 21 heavy (non-hydrogen) atoms. The van der Waals surface area contributed by atoms with Gasteiger partial charge in [-0.05, 0) is 30.5 Å². The van der Waals surface area contributed by atoms with Crippen molar-refractivity contribution in [2.24, 2.45) is 5.92 Å². The predicted octanol–water partition coefficient (Wildman–Crippen LogP) is 3.21. The van der Waals surface area contributed by atoms with Gasteiger partial charge in [0.25, 0.3) is 5.56 Å². The summed E-state index contributed by atoms with van der Waals surface area (Å²) in [7, 11) is 0. The first-order valence-electron chi connectivity index (χ1n) is 6.63. The van der Waals surface area contributed by atoms with Crippen LogP contribution in [0.15, 0.2) is 33.9 Å². The van der Waals surface area contributed by atoms with Crippen LogP contribution in [-0.2, 0) is 0 Å². The summed E-state index contributed by atoms with van der Waals surface area (Å²) in [4.78, 5) is 27.1. The zero-order chi connectivity index (χ0) is 15.7. The Morgan fingerprint density at radius 2 is 1.71 bits per heavy atom. The Kier molecular flexibility index (Phi) is 4.32. The van der Waals surface area contributed by atoms with Crippen molar-refractivity contribution >= 4 is 11.6 Å². The third-order valence-electron chi connectivity index (χ3n) is 3.59.